The highest BCUT2D eigenvalue weighted by atomic mass is 127. The quantitative estimate of drug-likeness (QED) is 0.257. The molecule has 7 heteroatoms. The number of halogens is 1. The predicted octanol–water partition coefficient (Wildman–Crippen LogP) is 2.72. The summed E-state index contributed by atoms with van der Waals surface area (Å²) < 4.78 is 0. The van der Waals surface area contributed by atoms with E-state index in [0.717, 1.165) is 12.0 Å². The van der Waals surface area contributed by atoms with Crippen molar-refractivity contribution in [1.29, 1.82) is 0 Å². The Morgan fingerprint density at radius 1 is 1.11 bits per heavy atom. The van der Waals surface area contributed by atoms with Gasteiger partial charge in [0.2, 0.25) is 5.91 Å². The normalized spacial score (nSPS) is 12.7. The van der Waals surface area contributed by atoms with Crippen molar-refractivity contribution in [2.45, 2.75) is 52.6 Å². The van der Waals surface area contributed by atoms with Crippen molar-refractivity contribution < 1.29 is 9.90 Å². The van der Waals surface area contributed by atoms with E-state index < -0.39 is 6.10 Å². The molecule has 0 spiro atoms. The first-order chi connectivity index (χ1) is 12.3. The SMILES string of the molecule is CCCNC(=O)CN=C(NCC)NCC(O)c1ccc(C(C)(C)C)cc1.I. The highest BCUT2D eigenvalue weighted by Crippen LogP contribution is 2.23. The van der Waals surface area contributed by atoms with Crippen LogP contribution in [-0.4, -0.2) is 43.2 Å². The summed E-state index contributed by atoms with van der Waals surface area (Å²) in [6, 6.07) is 8.01. The summed E-state index contributed by atoms with van der Waals surface area (Å²) >= 11 is 0. The van der Waals surface area contributed by atoms with Gasteiger partial charge in [-0.15, -0.1) is 24.0 Å². The third-order valence-corrected chi connectivity index (χ3v) is 3.92. The number of nitrogens with one attached hydrogen (secondary N) is 3. The molecule has 1 rings (SSSR count). The number of carbonyl (C=O) groups is 1. The van der Waals surface area contributed by atoms with Gasteiger partial charge in [0, 0.05) is 19.6 Å². The van der Waals surface area contributed by atoms with Crippen molar-refractivity contribution in [3.8, 4) is 0 Å². The summed E-state index contributed by atoms with van der Waals surface area (Å²) in [4.78, 5) is 15.9. The Labute approximate surface area is 180 Å². The summed E-state index contributed by atoms with van der Waals surface area (Å²) in [5, 5.41) is 19.3. The lowest BCUT2D eigenvalue weighted by atomic mass is 9.86. The maximum atomic E-state index is 11.7. The molecule has 27 heavy (non-hydrogen) atoms. The topological polar surface area (TPSA) is 85.8 Å². The number of aliphatic hydroxyl groups excluding tert-OH is 1. The Hall–Kier alpha value is -1.35. The highest BCUT2D eigenvalue weighted by molar-refractivity contribution is 14.0. The van der Waals surface area contributed by atoms with E-state index in [1.54, 1.807) is 0 Å². The van der Waals surface area contributed by atoms with Crippen LogP contribution in [0.15, 0.2) is 29.3 Å². The third-order valence-electron chi connectivity index (χ3n) is 3.92. The molecule has 154 valence electrons. The van der Waals surface area contributed by atoms with E-state index in [0.29, 0.717) is 25.6 Å². The Morgan fingerprint density at radius 2 is 1.74 bits per heavy atom. The minimum atomic E-state index is -0.651. The van der Waals surface area contributed by atoms with Crippen molar-refractivity contribution in [1.82, 2.24) is 16.0 Å². The standard InChI is InChI=1S/C20H34N4O2.HI/c1-6-12-22-18(26)14-24-19(21-7-2)23-13-17(25)15-8-10-16(11-9-15)20(3,4)5;/h8-11,17,25H,6-7,12-14H2,1-5H3,(H,22,26)(H2,21,23,24);1H. The van der Waals surface area contributed by atoms with E-state index >= 15 is 0 Å². The fourth-order valence-corrected chi connectivity index (χ4v) is 2.33. The van der Waals surface area contributed by atoms with Crippen LogP contribution in [0.3, 0.4) is 0 Å². The molecule has 0 aliphatic carbocycles. The minimum absolute atomic E-state index is 0. The number of rotatable bonds is 8. The molecule has 0 heterocycles. The summed E-state index contributed by atoms with van der Waals surface area (Å²) in [5.74, 6) is 0.409. The molecule has 1 unspecified atom stereocenters. The van der Waals surface area contributed by atoms with E-state index in [4.69, 9.17) is 0 Å². The van der Waals surface area contributed by atoms with Crippen LogP contribution in [0.25, 0.3) is 0 Å². The number of amides is 1. The summed E-state index contributed by atoms with van der Waals surface area (Å²) in [6.07, 6.45) is 0.246. The Balaban J connectivity index is 0.00000676. The van der Waals surface area contributed by atoms with Gasteiger partial charge in [-0.25, -0.2) is 4.99 Å². The van der Waals surface area contributed by atoms with Gasteiger partial charge in [-0.05, 0) is 29.9 Å². The first-order valence-electron chi connectivity index (χ1n) is 9.35. The molecule has 0 saturated carbocycles. The second-order valence-electron chi connectivity index (χ2n) is 7.31. The fourth-order valence-electron chi connectivity index (χ4n) is 2.33. The molecule has 6 nitrogen and oxygen atoms in total. The molecule has 1 atom stereocenters. The monoisotopic (exact) mass is 490 g/mol. The summed E-state index contributed by atoms with van der Waals surface area (Å²) in [7, 11) is 0. The van der Waals surface area contributed by atoms with Crippen molar-refractivity contribution in [2.24, 2.45) is 4.99 Å². The molecule has 0 radical (unpaired) electrons. The maximum Gasteiger partial charge on any atom is 0.241 e. The van der Waals surface area contributed by atoms with Crippen LogP contribution in [0.4, 0.5) is 0 Å². The fraction of sp³-hybridized carbons (Fsp3) is 0.600. The van der Waals surface area contributed by atoms with Crippen LogP contribution in [-0.2, 0) is 10.2 Å². The molecule has 1 aromatic rings. The zero-order valence-corrected chi connectivity index (χ0v) is 19.5. The second kappa shape index (κ2) is 12.9. The number of nitrogens with zero attached hydrogens (tertiary/aromatic N) is 1. The molecule has 0 aliphatic heterocycles. The van der Waals surface area contributed by atoms with Gasteiger partial charge in [0.25, 0.3) is 0 Å². The van der Waals surface area contributed by atoms with E-state index in [2.05, 4.69) is 53.8 Å². The zero-order valence-electron chi connectivity index (χ0n) is 17.1. The lowest BCUT2D eigenvalue weighted by molar-refractivity contribution is -0.119. The lowest BCUT2D eigenvalue weighted by Crippen LogP contribution is -2.40. The molecular weight excluding hydrogens is 455 g/mol. The predicted molar refractivity (Wildman–Crippen MR) is 123 cm³/mol. The number of guanidine groups is 1. The van der Waals surface area contributed by atoms with Crippen molar-refractivity contribution in [3.05, 3.63) is 35.4 Å². The highest BCUT2D eigenvalue weighted by Gasteiger charge is 2.15. The van der Waals surface area contributed by atoms with Crippen LogP contribution in [0.1, 0.15) is 58.3 Å². The Bertz CT molecular complexity index is 583. The second-order valence-corrected chi connectivity index (χ2v) is 7.31. The molecular formula is C20H35IN4O2. The van der Waals surface area contributed by atoms with Gasteiger partial charge >= 0.3 is 0 Å². The maximum absolute atomic E-state index is 11.7. The number of hydrogen-bond acceptors (Lipinski definition) is 3. The Morgan fingerprint density at radius 3 is 2.26 bits per heavy atom. The van der Waals surface area contributed by atoms with Crippen LogP contribution in [0, 0.1) is 0 Å². The van der Waals surface area contributed by atoms with Crippen LogP contribution >= 0.6 is 24.0 Å². The van der Waals surface area contributed by atoms with E-state index in [9.17, 15) is 9.90 Å². The molecule has 1 amide bonds. The first kappa shape index (κ1) is 25.6. The molecule has 0 aromatic heterocycles. The van der Waals surface area contributed by atoms with Gasteiger partial charge in [-0.1, -0.05) is 52.0 Å². The molecule has 0 saturated heterocycles. The van der Waals surface area contributed by atoms with Gasteiger partial charge in [0.05, 0.1) is 6.10 Å². The number of benzene rings is 1. The average molecular weight is 490 g/mol. The largest absolute Gasteiger partial charge is 0.387 e. The third kappa shape index (κ3) is 9.95. The number of carbonyl (C=O) groups excluding carboxylic acids is 1. The van der Waals surface area contributed by atoms with Gasteiger partial charge < -0.3 is 21.1 Å². The van der Waals surface area contributed by atoms with Crippen molar-refractivity contribution >= 4 is 35.8 Å². The van der Waals surface area contributed by atoms with Gasteiger partial charge in [-0.2, -0.15) is 0 Å². The van der Waals surface area contributed by atoms with Gasteiger partial charge in [-0.3, -0.25) is 4.79 Å². The van der Waals surface area contributed by atoms with Crippen molar-refractivity contribution in [2.75, 3.05) is 26.2 Å². The molecule has 1 aromatic carbocycles. The average Bonchev–Trinajstić information content (AvgIpc) is 2.61. The van der Waals surface area contributed by atoms with E-state index in [1.807, 2.05) is 26.0 Å². The van der Waals surface area contributed by atoms with E-state index in [1.165, 1.54) is 5.56 Å². The number of aliphatic imine (C=N–C) groups is 1. The van der Waals surface area contributed by atoms with E-state index in [-0.39, 0.29) is 41.8 Å². The zero-order chi connectivity index (χ0) is 19.6. The first-order valence-corrected chi connectivity index (χ1v) is 9.35. The molecule has 0 bridgehead atoms. The summed E-state index contributed by atoms with van der Waals surface area (Å²) in [5.41, 5.74) is 2.17. The lowest BCUT2D eigenvalue weighted by Gasteiger charge is -2.20. The number of hydrogen-bond donors (Lipinski definition) is 4. The van der Waals surface area contributed by atoms with Crippen LogP contribution in [0.2, 0.25) is 0 Å². The van der Waals surface area contributed by atoms with Crippen LogP contribution in [0.5, 0.6) is 0 Å². The molecule has 0 aliphatic rings. The summed E-state index contributed by atoms with van der Waals surface area (Å²) in [6.45, 7) is 12.2. The molecule has 4 N–H and O–H groups in total. The van der Waals surface area contributed by atoms with Gasteiger partial charge in [0.15, 0.2) is 5.96 Å². The smallest absolute Gasteiger partial charge is 0.241 e. The molecule has 0 fully saturated rings. The van der Waals surface area contributed by atoms with Gasteiger partial charge in [0.1, 0.15) is 6.54 Å². The van der Waals surface area contributed by atoms with Crippen LogP contribution < -0.4 is 16.0 Å². The number of aliphatic hydroxyl groups is 1. The van der Waals surface area contributed by atoms with Crippen molar-refractivity contribution in [3.63, 3.8) is 0 Å². The minimum Gasteiger partial charge on any atom is -0.387 e. The Kier molecular flexibility index (Phi) is 12.3.